The number of nitrogens with one attached hydrogen (secondary N) is 2. The number of methoxy groups -OCH3 is 2. The summed E-state index contributed by atoms with van der Waals surface area (Å²) in [5.74, 6) is -0.440. The summed E-state index contributed by atoms with van der Waals surface area (Å²) in [5.41, 5.74) is 14.0. The maximum absolute atomic E-state index is 13.5. The number of carbonyl (C=O) groups is 3. The molecular weight excluding hydrogens is 657 g/mol. The van der Waals surface area contributed by atoms with E-state index in [-0.39, 0.29) is 59.7 Å². The second kappa shape index (κ2) is 19.0. The number of anilines is 2. The van der Waals surface area contributed by atoms with Gasteiger partial charge in [-0.1, -0.05) is 42.3 Å². The second-order valence-corrected chi connectivity index (χ2v) is 12.0. The summed E-state index contributed by atoms with van der Waals surface area (Å²) in [7, 11) is 2.95. The van der Waals surface area contributed by atoms with E-state index >= 15 is 0 Å². The Balaban J connectivity index is 0.00000625. The van der Waals surface area contributed by atoms with Crippen LogP contribution in [0.25, 0.3) is 0 Å². The Morgan fingerprint density at radius 3 is 2.19 bits per heavy atom. The molecule has 1 aliphatic heterocycles. The van der Waals surface area contributed by atoms with Crippen molar-refractivity contribution in [2.24, 2.45) is 0 Å². The van der Waals surface area contributed by atoms with Crippen LogP contribution in [0.1, 0.15) is 88.9 Å². The van der Waals surface area contributed by atoms with Gasteiger partial charge in [0.05, 0.1) is 26.7 Å². The van der Waals surface area contributed by atoms with Gasteiger partial charge in [-0.2, -0.15) is 0 Å². The van der Waals surface area contributed by atoms with Gasteiger partial charge in [-0.15, -0.1) is 12.4 Å². The molecule has 12 nitrogen and oxygen atoms in total. The lowest BCUT2D eigenvalue weighted by Crippen LogP contribution is -2.32. The molecule has 0 saturated carbocycles. The molecule has 2 unspecified atom stereocenters. The van der Waals surface area contributed by atoms with Crippen molar-refractivity contribution in [1.82, 2.24) is 25.5 Å². The van der Waals surface area contributed by atoms with E-state index in [1.54, 1.807) is 31.4 Å². The molecule has 1 aliphatic rings. The third-order valence-corrected chi connectivity index (χ3v) is 8.75. The Morgan fingerprint density at radius 2 is 1.54 bits per heavy atom. The molecule has 2 heterocycles. The zero-order valence-corrected chi connectivity index (χ0v) is 28.9. The van der Waals surface area contributed by atoms with E-state index in [0.717, 1.165) is 43.8 Å². The quantitative estimate of drug-likeness (QED) is 0.159. The maximum Gasteiger partial charge on any atom is 0.307 e. The minimum Gasteiger partial charge on any atom is -0.497 e. The summed E-state index contributed by atoms with van der Waals surface area (Å²) >= 11 is 6.07. The van der Waals surface area contributed by atoms with E-state index in [4.69, 9.17) is 27.8 Å². The van der Waals surface area contributed by atoms with Gasteiger partial charge in [-0.3, -0.25) is 14.4 Å². The van der Waals surface area contributed by atoms with Crippen LogP contribution in [0.2, 0.25) is 5.15 Å². The van der Waals surface area contributed by atoms with E-state index in [0.29, 0.717) is 12.0 Å². The fraction of sp³-hybridized carbons (Fsp3) is 0.441. The number of nitrogens with two attached hydrogens (primary N) is 2. The SMILES string of the molecule is COC(=O)CCNC(=O)c1ccc(C(CCC(CCN2CCCCC2)c2ccc(OC)cc2)NC(=O)c2nc(Cl)c(N)nc2N)cc1.Cl. The first-order valence-corrected chi connectivity index (χ1v) is 16.3. The highest BCUT2D eigenvalue weighted by atomic mass is 35.5. The molecule has 14 heteroatoms. The van der Waals surface area contributed by atoms with Crippen LogP contribution in [0.15, 0.2) is 48.5 Å². The molecule has 0 aliphatic carbocycles. The highest BCUT2D eigenvalue weighted by Crippen LogP contribution is 2.32. The fourth-order valence-corrected chi connectivity index (χ4v) is 5.88. The highest BCUT2D eigenvalue weighted by Gasteiger charge is 2.24. The second-order valence-electron chi connectivity index (χ2n) is 11.6. The van der Waals surface area contributed by atoms with E-state index in [2.05, 4.69) is 42.4 Å². The molecule has 4 rings (SSSR count). The van der Waals surface area contributed by atoms with Crippen molar-refractivity contribution >= 4 is 53.4 Å². The summed E-state index contributed by atoms with van der Waals surface area (Å²) in [6, 6.07) is 14.7. The number of hydrogen-bond donors (Lipinski definition) is 4. The van der Waals surface area contributed by atoms with Crippen LogP contribution >= 0.6 is 24.0 Å². The average molecular weight is 703 g/mol. The third-order valence-electron chi connectivity index (χ3n) is 8.48. The Labute approximate surface area is 292 Å². The predicted octanol–water partition coefficient (Wildman–Crippen LogP) is 4.93. The number of amides is 2. The van der Waals surface area contributed by atoms with E-state index in [1.165, 1.54) is 31.9 Å². The van der Waals surface area contributed by atoms with Crippen LogP contribution in [0, 0.1) is 0 Å². The average Bonchev–Trinajstić information content (AvgIpc) is 3.09. The lowest BCUT2D eigenvalue weighted by molar-refractivity contribution is -0.140. The van der Waals surface area contributed by atoms with E-state index in [1.807, 2.05) is 12.1 Å². The zero-order valence-electron chi connectivity index (χ0n) is 27.4. The number of nitrogens with zero attached hydrogens (tertiary/aromatic N) is 3. The zero-order chi connectivity index (χ0) is 33.8. The summed E-state index contributed by atoms with van der Waals surface area (Å²) in [6.45, 7) is 3.37. The van der Waals surface area contributed by atoms with Crippen LogP contribution in [0.4, 0.5) is 11.6 Å². The molecule has 0 radical (unpaired) electrons. The van der Waals surface area contributed by atoms with Gasteiger partial charge in [0, 0.05) is 12.1 Å². The van der Waals surface area contributed by atoms with Gasteiger partial charge in [-0.05, 0) is 93.0 Å². The minimum absolute atomic E-state index is 0. The molecular formula is C34H45Cl2N7O5. The number of piperidine rings is 1. The Bertz CT molecular complexity index is 1500. The van der Waals surface area contributed by atoms with Crippen molar-refractivity contribution in [3.8, 4) is 5.75 Å². The number of likely N-dealkylation sites (tertiary alicyclic amines) is 1. The monoisotopic (exact) mass is 701 g/mol. The first-order valence-electron chi connectivity index (χ1n) is 15.9. The molecule has 0 bridgehead atoms. The number of hydrogen-bond acceptors (Lipinski definition) is 10. The first kappa shape index (κ1) is 38.3. The van der Waals surface area contributed by atoms with Gasteiger partial charge < -0.3 is 36.5 Å². The summed E-state index contributed by atoms with van der Waals surface area (Å²) < 4.78 is 10.0. The normalized spacial score (nSPS) is 14.2. The van der Waals surface area contributed by atoms with Crippen molar-refractivity contribution < 1.29 is 23.9 Å². The van der Waals surface area contributed by atoms with Gasteiger partial charge in [-0.25, -0.2) is 9.97 Å². The molecule has 2 amide bonds. The van der Waals surface area contributed by atoms with Crippen LogP contribution in [-0.2, 0) is 9.53 Å². The highest BCUT2D eigenvalue weighted by molar-refractivity contribution is 6.31. The van der Waals surface area contributed by atoms with E-state index in [9.17, 15) is 14.4 Å². The molecule has 48 heavy (non-hydrogen) atoms. The number of rotatable bonds is 15. The molecule has 1 fully saturated rings. The molecule has 1 saturated heterocycles. The summed E-state index contributed by atoms with van der Waals surface area (Å²) in [4.78, 5) is 48.1. The largest absolute Gasteiger partial charge is 0.497 e. The Kier molecular flexibility index (Phi) is 15.2. The molecule has 260 valence electrons. The maximum atomic E-state index is 13.5. The van der Waals surface area contributed by atoms with Crippen molar-refractivity contribution in [1.29, 1.82) is 0 Å². The lowest BCUT2D eigenvalue weighted by atomic mass is 9.87. The topological polar surface area (TPSA) is 175 Å². The van der Waals surface area contributed by atoms with Gasteiger partial charge >= 0.3 is 5.97 Å². The van der Waals surface area contributed by atoms with Gasteiger partial charge in [0.1, 0.15) is 5.75 Å². The van der Waals surface area contributed by atoms with Crippen molar-refractivity contribution in [2.45, 2.75) is 56.9 Å². The number of halogens is 2. The van der Waals surface area contributed by atoms with Gasteiger partial charge in [0.15, 0.2) is 22.5 Å². The first-order chi connectivity index (χ1) is 22.7. The fourth-order valence-electron chi connectivity index (χ4n) is 5.75. The van der Waals surface area contributed by atoms with Gasteiger partial charge in [0.25, 0.3) is 11.8 Å². The van der Waals surface area contributed by atoms with Gasteiger partial charge in [0.2, 0.25) is 0 Å². The number of ether oxygens (including phenoxy) is 2. The van der Waals surface area contributed by atoms with Crippen LogP contribution < -0.4 is 26.8 Å². The smallest absolute Gasteiger partial charge is 0.307 e. The summed E-state index contributed by atoms with van der Waals surface area (Å²) in [6.07, 6.45) is 6.12. The van der Waals surface area contributed by atoms with Crippen LogP contribution in [0.5, 0.6) is 5.75 Å². The van der Waals surface area contributed by atoms with Crippen LogP contribution in [-0.4, -0.2) is 73.1 Å². The molecule has 6 N–H and O–H groups in total. The molecule has 2 aromatic carbocycles. The standard InChI is InChI=1S/C34H44ClN7O5.ClH/c1-46-26-13-10-22(11-14-26)23(17-21-42-19-4-3-5-20-42)12-15-27(39-34(45)29-31(36)41-32(37)30(35)40-29)24-6-8-25(9-7-24)33(44)38-18-16-28(43)47-2;/h6-11,13-14,23,27H,3-5,12,15-21H2,1-2H3,(H,38,44)(H,39,45)(H4,36,37,41);1H. The van der Waals surface area contributed by atoms with Crippen molar-refractivity contribution in [3.05, 3.63) is 76.1 Å². The molecule has 2 atom stereocenters. The van der Waals surface area contributed by atoms with Crippen molar-refractivity contribution in [3.63, 3.8) is 0 Å². The minimum atomic E-state index is -0.541. The summed E-state index contributed by atoms with van der Waals surface area (Å²) in [5, 5.41) is 5.67. The molecule has 3 aromatic rings. The van der Waals surface area contributed by atoms with Crippen LogP contribution in [0.3, 0.4) is 0 Å². The molecule has 1 aromatic heterocycles. The Morgan fingerprint density at radius 1 is 0.875 bits per heavy atom. The number of benzene rings is 2. The third kappa shape index (κ3) is 11.0. The Hall–Kier alpha value is -4.13. The predicted molar refractivity (Wildman–Crippen MR) is 189 cm³/mol. The number of aromatic nitrogens is 2. The molecule has 0 spiro atoms. The number of carbonyl (C=O) groups excluding carboxylic acids is 3. The van der Waals surface area contributed by atoms with Crippen molar-refractivity contribution in [2.75, 3.05) is 51.9 Å². The van der Waals surface area contributed by atoms with E-state index < -0.39 is 17.9 Å². The number of esters is 1. The lowest BCUT2D eigenvalue weighted by Gasteiger charge is -2.29. The number of nitrogen functional groups attached to an aromatic ring is 2.